The third-order valence-electron chi connectivity index (χ3n) is 4.09. The average Bonchev–Trinajstić information content (AvgIpc) is 2.44. The molecule has 6 N–H and O–H groups in total. The van der Waals surface area contributed by atoms with E-state index in [4.69, 9.17) is 22.3 Å². The van der Waals surface area contributed by atoms with Crippen molar-refractivity contribution in [2.24, 2.45) is 21.7 Å². The van der Waals surface area contributed by atoms with Gasteiger partial charge in [-0.2, -0.15) is 10.2 Å². The van der Waals surface area contributed by atoms with Crippen molar-refractivity contribution >= 4 is 11.7 Å². The van der Waals surface area contributed by atoms with Crippen LogP contribution in [0, 0.1) is 10.8 Å². The second kappa shape index (κ2) is 9.54. The quantitative estimate of drug-likeness (QED) is 0.247. The number of rotatable bonds is 12. The summed E-state index contributed by atoms with van der Waals surface area (Å²) in [6.07, 6.45) is 6.33. The van der Waals surface area contributed by atoms with Crippen molar-refractivity contribution in [2.45, 2.75) is 90.1 Å². The largest absolute Gasteiger partial charge is 0.386 e. The Bertz CT molecular complexity index is 340. The van der Waals surface area contributed by atoms with Gasteiger partial charge in [-0.1, -0.05) is 53.4 Å². The van der Waals surface area contributed by atoms with Crippen LogP contribution in [0.5, 0.6) is 0 Å². The lowest BCUT2D eigenvalue weighted by Crippen LogP contribution is -2.45. The van der Waals surface area contributed by atoms with Gasteiger partial charge in [0.25, 0.3) is 0 Å². The first-order valence-corrected chi connectivity index (χ1v) is 8.47. The molecular weight excluding hydrogens is 276 g/mol. The molecule has 0 amide bonds. The molecule has 0 fully saturated rings. The summed E-state index contributed by atoms with van der Waals surface area (Å²) < 4.78 is 0. The van der Waals surface area contributed by atoms with Crippen molar-refractivity contribution in [3.63, 3.8) is 0 Å². The minimum Gasteiger partial charge on any atom is -0.386 e. The van der Waals surface area contributed by atoms with Crippen LogP contribution in [-0.2, 0) is 0 Å². The van der Waals surface area contributed by atoms with Crippen LogP contribution in [0.15, 0.2) is 10.2 Å². The minimum atomic E-state index is -0.744. The van der Waals surface area contributed by atoms with Crippen LogP contribution < -0.4 is 11.5 Å². The molecule has 0 saturated heterocycles. The van der Waals surface area contributed by atoms with E-state index < -0.39 is 11.1 Å². The van der Waals surface area contributed by atoms with E-state index in [2.05, 4.69) is 37.9 Å². The number of nitrogens with one attached hydrogen (secondary N) is 2. The van der Waals surface area contributed by atoms with Crippen LogP contribution in [0.3, 0.4) is 0 Å². The highest BCUT2D eigenvalue weighted by molar-refractivity contribution is 5.88. The Kier molecular flexibility index (Phi) is 8.90. The number of amidine groups is 2. The maximum absolute atomic E-state index is 7.96. The van der Waals surface area contributed by atoms with E-state index in [0.29, 0.717) is 25.7 Å². The predicted octanol–water partition coefficient (Wildman–Crippen LogP) is 3.99. The first-order valence-electron chi connectivity index (χ1n) is 8.47. The van der Waals surface area contributed by atoms with Gasteiger partial charge in [0.1, 0.15) is 22.7 Å². The van der Waals surface area contributed by atoms with E-state index in [1.54, 1.807) is 0 Å². The van der Waals surface area contributed by atoms with E-state index in [0.717, 1.165) is 25.7 Å². The molecule has 0 radical (unpaired) electrons. The zero-order valence-electron chi connectivity index (χ0n) is 14.7. The van der Waals surface area contributed by atoms with Crippen LogP contribution in [-0.4, -0.2) is 22.7 Å². The summed E-state index contributed by atoms with van der Waals surface area (Å²) in [4.78, 5) is 0. The summed E-state index contributed by atoms with van der Waals surface area (Å²) >= 11 is 0. The molecular formula is C16H34N6. The molecule has 0 aliphatic heterocycles. The maximum Gasteiger partial charge on any atom is 0.138 e. The molecule has 0 bridgehead atoms. The Hall–Kier alpha value is -1.46. The van der Waals surface area contributed by atoms with Gasteiger partial charge in [0, 0.05) is 0 Å². The number of hydrogen-bond donors (Lipinski definition) is 4. The van der Waals surface area contributed by atoms with Gasteiger partial charge in [-0.25, -0.2) is 0 Å². The third-order valence-corrected chi connectivity index (χ3v) is 4.09. The van der Waals surface area contributed by atoms with Crippen molar-refractivity contribution in [3.8, 4) is 0 Å². The van der Waals surface area contributed by atoms with Gasteiger partial charge in [0.2, 0.25) is 0 Å². The van der Waals surface area contributed by atoms with E-state index >= 15 is 0 Å². The summed E-state index contributed by atoms with van der Waals surface area (Å²) in [5.41, 5.74) is 10.2. The predicted molar refractivity (Wildman–Crippen MR) is 93.8 cm³/mol. The van der Waals surface area contributed by atoms with E-state index in [1.807, 2.05) is 0 Å². The highest BCUT2D eigenvalue weighted by Gasteiger charge is 2.36. The van der Waals surface area contributed by atoms with E-state index in [-0.39, 0.29) is 11.7 Å². The maximum atomic E-state index is 7.96. The highest BCUT2D eigenvalue weighted by atomic mass is 15.2. The van der Waals surface area contributed by atoms with Gasteiger partial charge in [0.15, 0.2) is 0 Å². The van der Waals surface area contributed by atoms with Crippen LogP contribution in [0.2, 0.25) is 0 Å². The first-order chi connectivity index (χ1) is 10.3. The first kappa shape index (κ1) is 20.5. The monoisotopic (exact) mass is 310 g/mol. The number of azo groups is 1. The molecule has 6 heteroatoms. The smallest absolute Gasteiger partial charge is 0.138 e. The molecule has 0 saturated carbocycles. The summed E-state index contributed by atoms with van der Waals surface area (Å²) in [5, 5.41) is 25.0. The third kappa shape index (κ3) is 5.07. The summed E-state index contributed by atoms with van der Waals surface area (Å²) in [6.45, 7) is 8.22. The van der Waals surface area contributed by atoms with Crippen molar-refractivity contribution < 1.29 is 0 Å². The van der Waals surface area contributed by atoms with Crippen molar-refractivity contribution in [1.29, 1.82) is 10.8 Å². The van der Waals surface area contributed by atoms with Gasteiger partial charge in [-0.3, -0.25) is 10.8 Å². The zero-order valence-corrected chi connectivity index (χ0v) is 14.7. The molecule has 0 aromatic heterocycles. The second-order valence-electron chi connectivity index (χ2n) is 6.09. The Morgan fingerprint density at radius 1 is 0.682 bits per heavy atom. The Morgan fingerprint density at radius 2 is 0.909 bits per heavy atom. The highest BCUT2D eigenvalue weighted by Crippen LogP contribution is 2.30. The topological polar surface area (TPSA) is 124 Å². The molecule has 128 valence electrons. The van der Waals surface area contributed by atoms with Gasteiger partial charge < -0.3 is 11.5 Å². The SMILES string of the molecule is CCCC(CCC)(/N=N/C(CCC)(CCC)C(=N)N)C(=N)N. The summed E-state index contributed by atoms with van der Waals surface area (Å²) in [5.74, 6) is 0.121. The lowest BCUT2D eigenvalue weighted by molar-refractivity contribution is 0.388. The molecule has 0 atom stereocenters. The average molecular weight is 310 g/mol. The molecule has 0 aliphatic rings. The van der Waals surface area contributed by atoms with E-state index in [9.17, 15) is 0 Å². The van der Waals surface area contributed by atoms with E-state index in [1.165, 1.54) is 0 Å². The number of nitrogens with two attached hydrogens (primary N) is 2. The van der Waals surface area contributed by atoms with Crippen LogP contribution in [0.25, 0.3) is 0 Å². The van der Waals surface area contributed by atoms with Crippen molar-refractivity contribution in [2.75, 3.05) is 0 Å². The molecule has 0 aromatic rings. The van der Waals surface area contributed by atoms with Gasteiger partial charge in [0.05, 0.1) is 0 Å². The van der Waals surface area contributed by atoms with Gasteiger partial charge in [-0.15, -0.1) is 0 Å². The lowest BCUT2D eigenvalue weighted by atomic mass is 9.87. The molecule has 0 aromatic carbocycles. The van der Waals surface area contributed by atoms with Crippen molar-refractivity contribution in [3.05, 3.63) is 0 Å². The van der Waals surface area contributed by atoms with Crippen molar-refractivity contribution in [1.82, 2.24) is 0 Å². The Labute approximate surface area is 135 Å². The molecule has 0 unspecified atom stereocenters. The number of nitrogens with zero attached hydrogens (tertiary/aromatic N) is 2. The molecule has 0 heterocycles. The standard InChI is InChI=1S/C16H34N6/c1-5-9-15(10-6-2,13(17)18)21-22-16(11-7-3,12-8-4)14(19)20/h5-12H2,1-4H3,(H3,17,18)(H3,19,20)/b22-21+. The van der Waals surface area contributed by atoms with Gasteiger partial charge >= 0.3 is 0 Å². The molecule has 22 heavy (non-hydrogen) atoms. The molecule has 0 spiro atoms. The van der Waals surface area contributed by atoms with Crippen LogP contribution >= 0.6 is 0 Å². The zero-order chi connectivity index (χ0) is 17.2. The fourth-order valence-corrected chi connectivity index (χ4v) is 2.94. The molecule has 6 nitrogen and oxygen atoms in total. The van der Waals surface area contributed by atoms with Crippen LogP contribution in [0.1, 0.15) is 79.1 Å². The molecule has 0 rings (SSSR count). The second-order valence-corrected chi connectivity index (χ2v) is 6.09. The van der Waals surface area contributed by atoms with Gasteiger partial charge in [-0.05, 0) is 25.7 Å². The summed E-state index contributed by atoms with van der Waals surface area (Å²) in [6, 6.07) is 0. The molecule has 0 aliphatic carbocycles. The fraction of sp³-hybridized carbons (Fsp3) is 0.875. The summed E-state index contributed by atoms with van der Waals surface area (Å²) in [7, 11) is 0. The normalized spacial score (nSPS) is 12.7. The number of hydrogen-bond acceptors (Lipinski definition) is 4. The fourth-order valence-electron chi connectivity index (χ4n) is 2.94. The Morgan fingerprint density at radius 3 is 1.05 bits per heavy atom. The van der Waals surface area contributed by atoms with Crippen LogP contribution in [0.4, 0.5) is 0 Å². The Balaban J connectivity index is 5.72. The lowest BCUT2D eigenvalue weighted by Gasteiger charge is -2.31. The minimum absolute atomic E-state index is 0.0606.